The average Bonchev–Trinajstić information content (AvgIpc) is 3.69. The van der Waals surface area contributed by atoms with Crippen LogP contribution in [0.1, 0.15) is 54.5 Å². The Labute approximate surface area is 275 Å². The first-order chi connectivity index (χ1) is 22.0. The topological polar surface area (TPSA) is 146 Å². The van der Waals surface area contributed by atoms with Crippen LogP contribution in [0, 0.1) is 51.7 Å². The largest absolute Gasteiger partial charge is 0.399 e. The summed E-state index contributed by atoms with van der Waals surface area (Å²) >= 11 is 3.18. The fourth-order valence-electron chi connectivity index (χ4n) is 4.70. The van der Waals surface area contributed by atoms with Crippen molar-refractivity contribution in [3.8, 4) is 23.0 Å². The summed E-state index contributed by atoms with van der Waals surface area (Å²) in [6, 6.07) is 7.68. The van der Waals surface area contributed by atoms with Crippen LogP contribution in [0.25, 0.3) is 23.0 Å². The number of aromatic nitrogens is 6. The molecule has 6 aromatic rings. The van der Waals surface area contributed by atoms with Crippen molar-refractivity contribution >= 4 is 34.0 Å². The minimum atomic E-state index is -0.345. The highest BCUT2D eigenvalue weighted by Gasteiger charge is 2.15. The van der Waals surface area contributed by atoms with Gasteiger partial charge >= 0.3 is 0 Å². The number of nitrogens with zero attached hydrogens (tertiary/aromatic N) is 7. The number of nitro benzene ring substituents is 1. The van der Waals surface area contributed by atoms with E-state index in [0.717, 1.165) is 61.3 Å². The van der Waals surface area contributed by atoms with E-state index in [1.165, 1.54) is 11.1 Å². The minimum absolute atomic E-state index is 0.157. The lowest BCUT2D eigenvalue weighted by molar-refractivity contribution is -0.385. The molecule has 0 aliphatic heterocycles. The van der Waals surface area contributed by atoms with Crippen molar-refractivity contribution in [2.75, 3.05) is 5.73 Å². The normalized spacial score (nSPS) is 10.8. The molecule has 0 atom stereocenters. The number of hydrogen-bond acceptors (Lipinski definition) is 11. The third-order valence-corrected chi connectivity index (χ3v) is 9.08. The van der Waals surface area contributed by atoms with Crippen LogP contribution in [-0.4, -0.2) is 34.8 Å². The van der Waals surface area contributed by atoms with Crippen molar-refractivity contribution in [1.29, 1.82) is 0 Å². The molecule has 46 heavy (non-hydrogen) atoms. The fraction of sp³-hybridized carbons (Fsp3) is 0.235. The van der Waals surface area contributed by atoms with Crippen LogP contribution in [0.15, 0.2) is 59.8 Å². The second kappa shape index (κ2) is 14.0. The van der Waals surface area contributed by atoms with E-state index in [-0.39, 0.29) is 10.6 Å². The molecule has 4 heterocycles. The summed E-state index contributed by atoms with van der Waals surface area (Å²) in [7, 11) is 0. The summed E-state index contributed by atoms with van der Waals surface area (Å²) < 4.78 is 0. The molecule has 2 aromatic carbocycles. The monoisotopic (exact) mass is 650 g/mol. The van der Waals surface area contributed by atoms with Crippen molar-refractivity contribution < 1.29 is 4.92 Å². The van der Waals surface area contributed by atoms with Gasteiger partial charge in [-0.05, 0) is 92.6 Å². The van der Waals surface area contributed by atoms with E-state index in [2.05, 4.69) is 42.9 Å². The molecular formula is C34H34N8O2S2. The molecule has 0 amide bonds. The molecule has 0 aliphatic rings. The summed E-state index contributed by atoms with van der Waals surface area (Å²) in [6.45, 7) is 11.7. The van der Waals surface area contributed by atoms with E-state index < -0.39 is 0 Å². The Morgan fingerprint density at radius 3 is 1.54 bits per heavy atom. The molecule has 0 fully saturated rings. The number of anilines is 1. The minimum Gasteiger partial charge on any atom is -0.399 e. The number of nitro groups is 1. The molecule has 0 radical (unpaired) electrons. The van der Waals surface area contributed by atoms with Crippen LogP contribution in [0.2, 0.25) is 0 Å². The Morgan fingerprint density at radius 1 is 0.652 bits per heavy atom. The van der Waals surface area contributed by atoms with Gasteiger partial charge in [0.25, 0.3) is 5.69 Å². The predicted octanol–water partition coefficient (Wildman–Crippen LogP) is 7.72. The van der Waals surface area contributed by atoms with E-state index in [1.807, 2.05) is 63.0 Å². The molecule has 0 saturated heterocycles. The highest BCUT2D eigenvalue weighted by molar-refractivity contribution is 7.10. The lowest BCUT2D eigenvalue weighted by Gasteiger charge is -2.08. The Balaban J connectivity index is 0.000000182. The molecule has 4 aromatic heterocycles. The van der Waals surface area contributed by atoms with Gasteiger partial charge in [0.2, 0.25) is 0 Å². The van der Waals surface area contributed by atoms with Gasteiger partial charge in [-0.2, -0.15) is 0 Å². The number of nitrogen functional groups attached to an aromatic ring is 1. The first kappa shape index (κ1) is 32.5. The van der Waals surface area contributed by atoms with Gasteiger partial charge in [-0.15, -0.1) is 22.7 Å². The molecule has 234 valence electrons. The van der Waals surface area contributed by atoms with Crippen LogP contribution in [0.3, 0.4) is 0 Å². The van der Waals surface area contributed by atoms with Gasteiger partial charge in [-0.25, -0.2) is 29.9 Å². The number of rotatable bonds is 7. The maximum atomic E-state index is 11.0. The highest BCUT2D eigenvalue weighted by atomic mass is 32.1. The zero-order valence-electron chi connectivity index (χ0n) is 26.5. The lowest BCUT2D eigenvalue weighted by Crippen LogP contribution is -1.98. The van der Waals surface area contributed by atoms with Crippen molar-refractivity contribution in [2.45, 2.75) is 54.4 Å². The summed E-state index contributed by atoms with van der Waals surface area (Å²) in [4.78, 5) is 37.2. The van der Waals surface area contributed by atoms with Gasteiger partial charge in [0.1, 0.15) is 11.4 Å². The molecule has 0 aliphatic carbocycles. The fourth-order valence-corrected chi connectivity index (χ4v) is 6.29. The summed E-state index contributed by atoms with van der Waals surface area (Å²) in [5.41, 5.74) is 16.8. The number of benzene rings is 2. The van der Waals surface area contributed by atoms with E-state index in [9.17, 15) is 10.1 Å². The molecule has 0 spiro atoms. The summed E-state index contributed by atoms with van der Waals surface area (Å²) in [5, 5.41) is 17.0. The molecule has 10 nitrogen and oxygen atoms in total. The Hall–Kier alpha value is -4.94. The molecule has 0 unspecified atom stereocenters. The number of thiazole rings is 2. The lowest BCUT2D eigenvalue weighted by atomic mass is 10.0. The Kier molecular flexibility index (Phi) is 9.88. The summed E-state index contributed by atoms with van der Waals surface area (Å²) in [6.07, 6.45) is 8.62. The van der Waals surface area contributed by atoms with Crippen LogP contribution in [0.4, 0.5) is 11.4 Å². The van der Waals surface area contributed by atoms with Crippen molar-refractivity contribution in [3.05, 3.63) is 124 Å². The molecule has 6 rings (SSSR count). The van der Waals surface area contributed by atoms with Crippen LogP contribution in [0.5, 0.6) is 0 Å². The highest BCUT2D eigenvalue weighted by Crippen LogP contribution is 2.27. The summed E-state index contributed by atoms with van der Waals surface area (Å²) in [5.74, 6) is 1.29. The maximum Gasteiger partial charge on any atom is 0.272 e. The number of aryl methyl sites for hydroxylation is 6. The Morgan fingerprint density at radius 2 is 1.09 bits per heavy atom. The van der Waals surface area contributed by atoms with Crippen LogP contribution < -0.4 is 5.73 Å². The van der Waals surface area contributed by atoms with Gasteiger partial charge in [0.05, 0.1) is 14.9 Å². The predicted molar refractivity (Wildman–Crippen MR) is 184 cm³/mol. The van der Waals surface area contributed by atoms with E-state index in [1.54, 1.807) is 48.1 Å². The molecule has 12 heteroatoms. The Bertz CT molecular complexity index is 2000. The standard InChI is InChI=1S/C17H16N4O2S.C17H18N4S/c1-10-7-18-17(19-8-10)14-9-24-16(20-14)6-13-4-12(3)15(21(22)23)5-11(13)2;1-10-7-19-17(20-8-10)15-9-22-16(21-15)6-13-4-12(3)14(18)5-11(13)2/h4-5,7-9H,6H2,1-3H3;4-5,7-9H,6,18H2,1-3H3. The third-order valence-electron chi connectivity index (χ3n) is 7.38. The van der Waals surface area contributed by atoms with Gasteiger partial charge in [-0.1, -0.05) is 6.07 Å². The van der Waals surface area contributed by atoms with Gasteiger partial charge in [0, 0.05) is 65.7 Å². The first-order valence-corrected chi connectivity index (χ1v) is 16.3. The maximum absolute atomic E-state index is 11.0. The van der Waals surface area contributed by atoms with Crippen molar-refractivity contribution in [2.24, 2.45) is 0 Å². The van der Waals surface area contributed by atoms with Gasteiger partial charge in [0.15, 0.2) is 11.6 Å². The van der Waals surface area contributed by atoms with Gasteiger partial charge < -0.3 is 5.73 Å². The number of nitrogens with two attached hydrogens (primary N) is 1. The zero-order chi connectivity index (χ0) is 33.0. The zero-order valence-corrected chi connectivity index (χ0v) is 28.2. The SMILES string of the molecule is Cc1cnc(-c2csc(Cc3cc(C)c(N)cc3C)n2)nc1.Cc1cnc(-c2csc(Cc3cc(C)c([N+](=O)[O-])cc3C)n2)nc1. The van der Waals surface area contributed by atoms with Gasteiger partial charge in [-0.3, -0.25) is 10.1 Å². The van der Waals surface area contributed by atoms with Crippen LogP contribution in [-0.2, 0) is 12.8 Å². The molecule has 0 bridgehead atoms. The second-order valence-electron chi connectivity index (χ2n) is 11.2. The molecular weight excluding hydrogens is 617 g/mol. The quantitative estimate of drug-likeness (QED) is 0.104. The van der Waals surface area contributed by atoms with Crippen molar-refractivity contribution in [3.63, 3.8) is 0 Å². The smallest absolute Gasteiger partial charge is 0.272 e. The first-order valence-electron chi connectivity index (χ1n) is 14.5. The van der Waals surface area contributed by atoms with Crippen LogP contribution >= 0.6 is 22.7 Å². The second-order valence-corrected chi connectivity index (χ2v) is 13.1. The van der Waals surface area contributed by atoms with Crippen molar-refractivity contribution in [1.82, 2.24) is 29.9 Å². The average molecular weight is 651 g/mol. The molecule has 2 N–H and O–H groups in total. The molecule has 0 saturated carbocycles. The van der Waals surface area contributed by atoms with E-state index >= 15 is 0 Å². The van der Waals surface area contributed by atoms with E-state index in [0.29, 0.717) is 23.6 Å². The number of hydrogen-bond donors (Lipinski definition) is 1. The third kappa shape index (κ3) is 7.82. The van der Waals surface area contributed by atoms with E-state index in [4.69, 9.17) is 5.73 Å².